The fourth-order valence-electron chi connectivity index (χ4n) is 2.65. The van der Waals surface area contributed by atoms with Crippen LogP contribution in [0.25, 0.3) is 10.9 Å². The predicted molar refractivity (Wildman–Crippen MR) is 77.8 cm³/mol. The monoisotopic (exact) mass is 284 g/mol. The third-order valence-electron chi connectivity index (χ3n) is 3.72. The second kappa shape index (κ2) is 5.58. The van der Waals surface area contributed by atoms with Gasteiger partial charge >= 0.3 is 5.97 Å². The van der Waals surface area contributed by atoms with E-state index in [4.69, 9.17) is 15.9 Å². The van der Waals surface area contributed by atoms with Crippen molar-refractivity contribution in [3.05, 3.63) is 29.5 Å². The summed E-state index contributed by atoms with van der Waals surface area (Å²) in [5.41, 5.74) is 1.86. The number of carbonyl (C=O) groups is 1. The number of aromatic nitrogens is 2. The van der Waals surface area contributed by atoms with Crippen LogP contribution in [-0.2, 0) is 9.47 Å². The summed E-state index contributed by atoms with van der Waals surface area (Å²) in [5, 5.41) is 5.24. The minimum Gasteiger partial charge on any atom is -0.465 e. The molecule has 0 bridgehead atoms. The molecule has 21 heavy (non-hydrogen) atoms. The van der Waals surface area contributed by atoms with E-state index in [9.17, 15) is 4.79 Å². The Bertz CT molecular complexity index is 721. The van der Waals surface area contributed by atoms with E-state index in [2.05, 4.69) is 11.0 Å². The molecule has 1 aliphatic heterocycles. The second-order valence-electron chi connectivity index (χ2n) is 5.00. The van der Waals surface area contributed by atoms with Crippen LogP contribution < -0.4 is 0 Å². The fourth-order valence-corrected chi connectivity index (χ4v) is 2.65. The third-order valence-corrected chi connectivity index (χ3v) is 3.72. The molecule has 1 saturated heterocycles. The first-order valence-corrected chi connectivity index (χ1v) is 6.92. The van der Waals surface area contributed by atoms with Crippen LogP contribution in [0.1, 0.15) is 41.4 Å². The van der Waals surface area contributed by atoms with Crippen LogP contribution >= 0.6 is 0 Å². The summed E-state index contributed by atoms with van der Waals surface area (Å²) in [7, 11) is 1.35. The van der Waals surface area contributed by atoms with Crippen molar-refractivity contribution in [2.75, 3.05) is 13.7 Å². The summed E-state index contributed by atoms with van der Waals surface area (Å²) in [6.07, 6.45) is 10.2. The molecule has 2 heterocycles. The number of hydrogen-bond acceptors (Lipinski definition) is 4. The first kappa shape index (κ1) is 13.7. The molecule has 2 aromatic rings. The molecule has 0 radical (unpaired) electrons. The quantitative estimate of drug-likeness (QED) is 0.628. The number of hydrogen-bond donors (Lipinski definition) is 0. The Balaban J connectivity index is 2.14. The number of carbonyl (C=O) groups excluding carboxylic acids is 1. The highest BCUT2D eigenvalue weighted by Crippen LogP contribution is 2.28. The van der Waals surface area contributed by atoms with Gasteiger partial charge < -0.3 is 9.47 Å². The van der Waals surface area contributed by atoms with Crippen molar-refractivity contribution >= 4 is 16.9 Å². The number of rotatable bonds is 2. The number of terminal acetylenes is 1. The van der Waals surface area contributed by atoms with Crippen molar-refractivity contribution in [2.45, 2.75) is 25.5 Å². The van der Waals surface area contributed by atoms with Gasteiger partial charge in [-0.1, -0.05) is 5.92 Å². The molecule has 3 rings (SSSR count). The highest BCUT2D eigenvalue weighted by atomic mass is 16.5. The van der Waals surface area contributed by atoms with Crippen molar-refractivity contribution in [1.82, 2.24) is 9.78 Å². The summed E-state index contributed by atoms with van der Waals surface area (Å²) in [6.45, 7) is 0.727. The van der Waals surface area contributed by atoms with Gasteiger partial charge in [-0.05, 0) is 31.4 Å². The van der Waals surface area contributed by atoms with Crippen molar-refractivity contribution in [3.8, 4) is 12.3 Å². The maximum atomic E-state index is 11.8. The van der Waals surface area contributed by atoms with Crippen LogP contribution in [0.15, 0.2) is 18.3 Å². The molecule has 0 aliphatic carbocycles. The van der Waals surface area contributed by atoms with Crippen molar-refractivity contribution in [2.24, 2.45) is 0 Å². The van der Waals surface area contributed by atoms with Crippen molar-refractivity contribution in [3.63, 3.8) is 0 Å². The van der Waals surface area contributed by atoms with Crippen molar-refractivity contribution in [1.29, 1.82) is 0 Å². The van der Waals surface area contributed by atoms with Gasteiger partial charge in [0.05, 0.1) is 24.4 Å². The first-order chi connectivity index (χ1) is 10.2. The molecule has 0 N–H and O–H groups in total. The van der Waals surface area contributed by atoms with E-state index in [1.54, 1.807) is 18.3 Å². The summed E-state index contributed by atoms with van der Waals surface area (Å²) in [4.78, 5) is 11.8. The van der Waals surface area contributed by atoms with E-state index in [-0.39, 0.29) is 6.23 Å². The lowest BCUT2D eigenvalue weighted by atomic mass is 10.1. The average molecular weight is 284 g/mol. The predicted octanol–water partition coefficient (Wildman–Crippen LogP) is 2.50. The zero-order valence-electron chi connectivity index (χ0n) is 11.8. The molecule has 1 fully saturated rings. The zero-order valence-corrected chi connectivity index (χ0v) is 11.8. The minimum atomic E-state index is -0.411. The summed E-state index contributed by atoms with van der Waals surface area (Å²) < 4.78 is 12.3. The molecule has 0 saturated carbocycles. The number of ether oxygens (including phenoxy) is 2. The lowest BCUT2D eigenvalue weighted by Gasteiger charge is -2.23. The molecule has 108 valence electrons. The van der Waals surface area contributed by atoms with Gasteiger partial charge in [0, 0.05) is 17.6 Å². The molecular weight excluding hydrogens is 268 g/mol. The van der Waals surface area contributed by atoms with Gasteiger partial charge in [0.25, 0.3) is 0 Å². The summed E-state index contributed by atoms with van der Waals surface area (Å²) in [6, 6.07) is 3.41. The molecule has 1 atom stereocenters. The van der Waals surface area contributed by atoms with Gasteiger partial charge in [-0.3, -0.25) is 0 Å². The molecule has 5 nitrogen and oxygen atoms in total. The standard InChI is InChI=1S/C16H16N2O3/c1-3-11-8-12(16(19)20-2)9-14-13(11)10-17-18(14)15-6-4-5-7-21-15/h1,8-10,15H,4-7H2,2H3. The number of benzene rings is 1. The average Bonchev–Trinajstić information content (AvgIpc) is 2.97. The van der Waals surface area contributed by atoms with Crippen LogP contribution in [0, 0.1) is 12.3 Å². The second-order valence-corrected chi connectivity index (χ2v) is 5.00. The van der Waals surface area contributed by atoms with Crippen LogP contribution in [0.4, 0.5) is 0 Å². The summed E-state index contributed by atoms with van der Waals surface area (Å²) in [5.74, 6) is 2.19. The van der Waals surface area contributed by atoms with E-state index < -0.39 is 5.97 Å². The molecular formula is C16H16N2O3. The Morgan fingerprint density at radius 2 is 2.38 bits per heavy atom. The zero-order chi connectivity index (χ0) is 14.8. The Morgan fingerprint density at radius 3 is 3.05 bits per heavy atom. The van der Waals surface area contributed by atoms with Crippen LogP contribution in [-0.4, -0.2) is 29.5 Å². The van der Waals surface area contributed by atoms with E-state index in [1.165, 1.54) is 7.11 Å². The van der Waals surface area contributed by atoms with E-state index >= 15 is 0 Å². The number of esters is 1. The Kier molecular flexibility index (Phi) is 3.63. The van der Waals surface area contributed by atoms with Gasteiger partial charge in [0.1, 0.15) is 0 Å². The van der Waals surface area contributed by atoms with Gasteiger partial charge in [0.15, 0.2) is 6.23 Å². The topological polar surface area (TPSA) is 53.3 Å². The molecule has 5 heteroatoms. The van der Waals surface area contributed by atoms with E-state index in [0.29, 0.717) is 11.1 Å². The Hall–Kier alpha value is -2.32. The van der Waals surface area contributed by atoms with Crippen LogP contribution in [0.3, 0.4) is 0 Å². The molecule has 1 unspecified atom stereocenters. The number of methoxy groups -OCH3 is 1. The Labute approximate surface area is 122 Å². The fraction of sp³-hybridized carbons (Fsp3) is 0.375. The van der Waals surface area contributed by atoms with E-state index in [1.807, 2.05) is 4.68 Å². The van der Waals surface area contributed by atoms with Gasteiger partial charge in [-0.2, -0.15) is 5.10 Å². The van der Waals surface area contributed by atoms with Gasteiger partial charge in [0.2, 0.25) is 0 Å². The largest absolute Gasteiger partial charge is 0.465 e. The number of fused-ring (bicyclic) bond motifs is 1. The molecule has 0 amide bonds. The molecule has 1 aliphatic rings. The number of nitrogens with zero attached hydrogens (tertiary/aromatic N) is 2. The normalized spacial score (nSPS) is 18.4. The van der Waals surface area contributed by atoms with Gasteiger partial charge in [-0.25, -0.2) is 9.48 Å². The lowest BCUT2D eigenvalue weighted by molar-refractivity contribution is -0.0366. The van der Waals surface area contributed by atoms with Crippen LogP contribution in [0.2, 0.25) is 0 Å². The highest BCUT2D eigenvalue weighted by Gasteiger charge is 2.20. The lowest BCUT2D eigenvalue weighted by Crippen LogP contribution is -2.19. The van der Waals surface area contributed by atoms with E-state index in [0.717, 1.165) is 36.8 Å². The van der Waals surface area contributed by atoms with Crippen LogP contribution in [0.5, 0.6) is 0 Å². The highest BCUT2D eigenvalue weighted by molar-refractivity contribution is 5.96. The molecule has 1 aromatic heterocycles. The maximum absolute atomic E-state index is 11.8. The minimum absolute atomic E-state index is 0.102. The Morgan fingerprint density at radius 1 is 1.52 bits per heavy atom. The van der Waals surface area contributed by atoms with Crippen molar-refractivity contribution < 1.29 is 14.3 Å². The molecule has 1 aromatic carbocycles. The molecule has 0 spiro atoms. The first-order valence-electron chi connectivity index (χ1n) is 6.92. The smallest absolute Gasteiger partial charge is 0.337 e. The maximum Gasteiger partial charge on any atom is 0.337 e. The third kappa shape index (κ3) is 2.39. The SMILES string of the molecule is C#Cc1cc(C(=O)OC)cc2c1cnn2C1CCCCO1. The summed E-state index contributed by atoms with van der Waals surface area (Å²) >= 11 is 0. The van der Waals surface area contributed by atoms with Gasteiger partial charge in [-0.15, -0.1) is 6.42 Å².